The van der Waals surface area contributed by atoms with E-state index in [0.29, 0.717) is 0 Å². The molecule has 0 saturated heterocycles. The fourth-order valence-electron chi connectivity index (χ4n) is 1.41. The summed E-state index contributed by atoms with van der Waals surface area (Å²) in [5, 5.41) is 8.87. The Morgan fingerprint density at radius 3 is 2.71 bits per heavy atom. The third kappa shape index (κ3) is 2.71. The van der Waals surface area contributed by atoms with Crippen LogP contribution in [-0.2, 0) is 21.8 Å². The molecule has 2 N–H and O–H groups in total. The highest BCUT2D eigenvalue weighted by molar-refractivity contribution is 7.89. The van der Waals surface area contributed by atoms with Crippen molar-refractivity contribution in [1.82, 2.24) is 9.78 Å². The third-order valence-electron chi connectivity index (χ3n) is 1.98. The predicted octanol–water partition coefficient (Wildman–Crippen LogP) is -0.281. The van der Waals surface area contributed by atoms with Gasteiger partial charge in [-0.3, -0.25) is 4.68 Å². The monoisotopic (exact) mass is 259 g/mol. The summed E-state index contributed by atoms with van der Waals surface area (Å²) >= 11 is 0. The first-order chi connectivity index (χ1) is 7.79. The van der Waals surface area contributed by atoms with E-state index in [0.717, 1.165) is 4.68 Å². The lowest BCUT2D eigenvalue weighted by atomic mass is 10.3. The first-order valence-electron chi connectivity index (χ1n) is 4.63. The molecule has 0 aliphatic carbocycles. The second kappa shape index (κ2) is 4.68. The second-order valence-electron chi connectivity index (χ2n) is 3.32. The maximum absolute atomic E-state index is 11.7. The van der Waals surface area contributed by atoms with Crippen LogP contribution in [0.3, 0.4) is 0 Å². The molecule has 0 bridgehead atoms. The molecular weight excluding hydrogens is 246 g/mol. The van der Waals surface area contributed by atoms with Crippen LogP contribution < -0.4 is 5.14 Å². The quantitative estimate of drug-likeness (QED) is 0.591. The van der Waals surface area contributed by atoms with Crippen LogP contribution in [0.1, 0.15) is 16.2 Å². The third-order valence-corrected chi connectivity index (χ3v) is 3.04. The molecule has 0 aliphatic heterocycles. The van der Waals surface area contributed by atoms with Gasteiger partial charge in [-0.25, -0.2) is 18.4 Å². The van der Waals surface area contributed by atoms with Crippen molar-refractivity contribution in [3.63, 3.8) is 0 Å². The van der Waals surface area contributed by atoms with Crippen LogP contribution in [0.15, 0.2) is 17.6 Å². The fraction of sp³-hybridized carbons (Fsp3) is 0.333. The summed E-state index contributed by atoms with van der Waals surface area (Å²) in [6, 6.07) is 0. The summed E-state index contributed by atoms with van der Waals surface area (Å²) in [5.41, 5.74) is -0.0348. The van der Waals surface area contributed by atoms with Gasteiger partial charge in [-0.2, -0.15) is 5.10 Å². The normalized spacial score (nSPS) is 11.2. The van der Waals surface area contributed by atoms with E-state index in [9.17, 15) is 13.2 Å². The minimum atomic E-state index is -4.02. The Labute approximate surface area is 98.9 Å². The smallest absolute Gasteiger partial charge is 0.358 e. The Morgan fingerprint density at radius 1 is 1.65 bits per heavy atom. The number of hydrogen-bond acceptors (Lipinski definition) is 5. The fourth-order valence-corrected chi connectivity index (χ4v) is 2.34. The van der Waals surface area contributed by atoms with Gasteiger partial charge in [0, 0.05) is 7.05 Å². The largest absolute Gasteiger partial charge is 0.457 e. The van der Waals surface area contributed by atoms with Gasteiger partial charge in [0.05, 0.1) is 5.69 Å². The van der Waals surface area contributed by atoms with Crippen molar-refractivity contribution in [2.75, 3.05) is 6.61 Å². The van der Waals surface area contributed by atoms with E-state index >= 15 is 0 Å². The lowest BCUT2D eigenvalue weighted by molar-refractivity contribution is 0.0532. The zero-order valence-corrected chi connectivity index (χ0v) is 10.3. The zero-order chi connectivity index (χ0) is 13.2. The van der Waals surface area contributed by atoms with Crippen LogP contribution in [0.4, 0.5) is 0 Å². The Balaban J connectivity index is 3.33. The Bertz CT molecular complexity index is 559. The van der Waals surface area contributed by atoms with Crippen molar-refractivity contribution < 1.29 is 17.9 Å². The van der Waals surface area contributed by atoms with Crippen LogP contribution in [0, 0.1) is 6.92 Å². The number of rotatable bonds is 4. The van der Waals surface area contributed by atoms with Gasteiger partial charge in [-0.15, -0.1) is 0 Å². The summed E-state index contributed by atoms with van der Waals surface area (Å²) in [7, 11) is -2.59. The van der Waals surface area contributed by atoms with Gasteiger partial charge < -0.3 is 4.74 Å². The van der Waals surface area contributed by atoms with Crippen LogP contribution in [0.2, 0.25) is 0 Å². The van der Waals surface area contributed by atoms with Crippen molar-refractivity contribution in [3.8, 4) is 0 Å². The minimum Gasteiger partial charge on any atom is -0.457 e. The van der Waals surface area contributed by atoms with Gasteiger partial charge in [-0.05, 0) is 6.92 Å². The standard InChI is InChI=1S/C9H13N3O4S/c1-4-5-16-9(13)7-8(17(10,14)15)6(2)11-12(7)3/h4H,1,5H2,2-3H3,(H2,10,14,15). The Kier molecular flexibility index (Phi) is 3.69. The molecule has 0 aromatic carbocycles. The molecule has 0 radical (unpaired) electrons. The first kappa shape index (κ1) is 13.4. The molecule has 0 aliphatic rings. The topological polar surface area (TPSA) is 104 Å². The number of hydrogen-bond donors (Lipinski definition) is 1. The van der Waals surface area contributed by atoms with E-state index in [2.05, 4.69) is 11.7 Å². The lowest BCUT2D eigenvalue weighted by Crippen LogP contribution is -2.19. The SMILES string of the molecule is C=CCOC(=O)c1c(S(N)(=O)=O)c(C)nn1C. The molecule has 0 unspecified atom stereocenters. The van der Waals surface area contributed by atoms with Crippen LogP contribution in [-0.4, -0.2) is 30.8 Å². The highest BCUT2D eigenvalue weighted by Gasteiger charge is 2.28. The van der Waals surface area contributed by atoms with Gasteiger partial charge in [0.25, 0.3) is 0 Å². The number of ether oxygens (including phenoxy) is 1. The van der Waals surface area contributed by atoms with Crippen LogP contribution in [0.5, 0.6) is 0 Å². The molecule has 0 amide bonds. The maximum atomic E-state index is 11.7. The van der Waals surface area contributed by atoms with Gasteiger partial charge >= 0.3 is 5.97 Å². The van der Waals surface area contributed by atoms with E-state index in [1.54, 1.807) is 0 Å². The van der Waals surface area contributed by atoms with Gasteiger partial charge in [-0.1, -0.05) is 12.7 Å². The van der Waals surface area contributed by atoms with E-state index < -0.39 is 16.0 Å². The molecule has 0 atom stereocenters. The summed E-state index contributed by atoms with van der Waals surface area (Å²) < 4.78 is 28.6. The Morgan fingerprint density at radius 2 is 2.24 bits per heavy atom. The summed E-state index contributed by atoms with van der Waals surface area (Å²) in [6.07, 6.45) is 1.37. The molecule has 17 heavy (non-hydrogen) atoms. The number of sulfonamides is 1. The van der Waals surface area contributed by atoms with Crippen molar-refractivity contribution in [2.24, 2.45) is 12.2 Å². The minimum absolute atomic E-state index is 0.0207. The van der Waals surface area contributed by atoms with E-state index in [4.69, 9.17) is 9.88 Å². The predicted molar refractivity (Wildman–Crippen MR) is 59.8 cm³/mol. The number of aromatic nitrogens is 2. The summed E-state index contributed by atoms with van der Waals surface area (Å²) in [4.78, 5) is 11.3. The lowest BCUT2D eigenvalue weighted by Gasteiger charge is -2.04. The van der Waals surface area contributed by atoms with E-state index in [1.165, 1.54) is 20.0 Å². The number of carbonyl (C=O) groups is 1. The molecule has 1 heterocycles. The number of aryl methyl sites for hydroxylation is 2. The van der Waals surface area contributed by atoms with Crippen molar-refractivity contribution >= 4 is 16.0 Å². The number of nitrogens with two attached hydrogens (primary N) is 1. The second-order valence-corrected chi connectivity index (χ2v) is 4.82. The van der Waals surface area contributed by atoms with Crippen LogP contribution in [0.25, 0.3) is 0 Å². The van der Waals surface area contributed by atoms with Crippen molar-refractivity contribution in [1.29, 1.82) is 0 Å². The average molecular weight is 259 g/mol. The molecule has 0 saturated carbocycles. The first-order valence-corrected chi connectivity index (χ1v) is 6.18. The van der Waals surface area contributed by atoms with Gasteiger partial charge in [0.2, 0.25) is 10.0 Å². The number of primary sulfonamides is 1. The van der Waals surface area contributed by atoms with E-state index in [1.807, 2.05) is 0 Å². The number of esters is 1. The van der Waals surface area contributed by atoms with Crippen molar-refractivity contribution in [3.05, 3.63) is 24.0 Å². The molecule has 1 aromatic heterocycles. The van der Waals surface area contributed by atoms with E-state index in [-0.39, 0.29) is 22.9 Å². The molecule has 94 valence electrons. The number of nitrogens with zero attached hydrogens (tertiary/aromatic N) is 2. The molecule has 0 fully saturated rings. The number of carbonyl (C=O) groups excluding carboxylic acids is 1. The molecule has 0 spiro atoms. The van der Waals surface area contributed by atoms with Crippen LogP contribution >= 0.6 is 0 Å². The zero-order valence-electron chi connectivity index (χ0n) is 9.50. The van der Waals surface area contributed by atoms with Gasteiger partial charge in [0.15, 0.2) is 5.69 Å². The summed E-state index contributed by atoms with van der Waals surface area (Å²) in [6.45, 7) is 4.81. The highest BCUT2D eigenvalue weighted by atomic mass is 32.2. The molecular formula is C9H13N3O4S. The molecule has 1 aromatic rings. The van der Waals surface area contributed by atoms with Gasteiger partial charge in [0.1, 0.15) is 11.5 Å². The highest BCUT2D eigenvalue weighted by Crippen LogP contribution is 2.18. The maximum Gasteiger partial charge on any atom is 0.358 e. The average Bonchev–Trinajstić information content (AvgIpc) is 2.49. The Hall–Kier alpha value is -1.67. The molecule has 1 rings (SSSR count). The molecule has 8 heteroatoms. The summed E-state index contributed by atoms with van der Waals surface area (Å²) in [5.74, 6) is -0.808. The van der Waals surface area contributed by atoms with Crippen molar-refractivity contribution in [2.45, 2.75) is 11.8 Å². The molecule has 7 nitrogen and oxygen atoms in total.